The number of aryl methyl sites for hydroxylation is 1. The van der Waals surface area contributed by atoms with E-state index >= 15 is 0 Å². The number of fused-ring (bicyclic) bond motifs is 1. The Bertz CT molecular complexity index is 462. The van der Waals surface area contributed by atoms with Crippen molar-refractivity contribution in [3.05, 3.63) is 23.5 Å². The van der Waals surface area contributed by atoms with Gasteiger partial charge in [0.2, 0.25) is 0 Å². The quantitative estimate of drug-likeness (QED) is 0.727. The van der Waals surface area contributed by atoms with Crippen LogP contribution in [0.5, 0.6) is 0 Å². The van der Waals surface area contributed by atoms with Gasteiger partial charge in [0.15, 0.2) is 0 Å². The molecule has 1 aromatic carbocycles. The van der Waals surface area contributed by atoms with E-state index in [2.05, 4.69) is 17.6 Å². The van der Waals surface area contributed by atoms with Gasteiger partial charge in [-0.1, -0.05) is 6.92 Å². The molecule has 3 rings (SSSR count). The van der Waals surface area contributed by atoms with Gasteiger partial charge >= 0.3 is 0 Å². The Morgan fingerprint density at radius 3 is 2.67 bits per heavy atom. The molecule has 0 saturated heterocycles. The zero-order chi connectivity index (χ0) is 12.8. The van der Waals surface area contributed by atoms with E-state index in [-0.39, 0.29) is 11.4 Å². The first-order valence-corrected chi connectivity index (χ1v) is 6.90. The van der Waals surface area contributed by atoms with Crippen LogP contribution in [-0.4, -0.2) is 12.1 Å². The van der Waals surface area contributed by atoms with Gasteiger partial charge in [-0.3, -0.25) is 0 Å². The molecule has 98 valence electrons. The highest BCUT2D eigenvalue weighted by Gasteiger charge is 2.37. The van der Waals surface area contributed by atoms with Crippen molar-refractivity contribution in [3.8, 4) is 0 Å². The lowest BCUT2D eigenvalue weighted by molar-refractivity contribution is 0.274. The monoisotopic (exact) mass is 248 g/mol. The first-order valence-electron chi connectivity index (χ1n) is 6.90. The van der Waals surface area contributed by atoms with Gasteiger partial charge in [-0.05, 0) is 56.2 Å². The van der Waals surface area contributed by atoms with Crippen LogP contribution in [0.15, 0.2) is 12.1 Å². The lowest BCUT2D eigenvalue weighted by Gasteiger charge is -2.44. The number of nitrogens with one attached hydrogen (secondary N) is 2. The van der Waals surface area contributed by atoms with Gasteiger partial charge in [0, 0.05) is 6.54 Å². The first kappa shape index (κ1) is 11.8. The summed E-state index contributed by atoms with van der Waals surface area (Å²) >= 11 is 0. The van der Waals surface area contributed by atoms with Gasteiger partial charge in [0.1, 0.15) is 5.82 Å². The number of rotatable bonds is 0. The van der Waals surface area contributed by atoms with Crippen molar-refractivity contribution in [1.82, 2.24) is 0 Å². The molecule has 1 aromatic rings. The summed E-state index contributed by atoms with van der Waals surface area (Å²) in [6, 6.07) is 3.53. The third-order valence-corrected chi connectivity index (χ3v) is 4.55. The van der Waals surface area contributed by atoms with Crippen LogP contribution in [0, 0.1) is 18.7 Å². The fourth-order valence-electron chi connectivity index (χ4n) is 3.14. The highest BCUT2D eigenvalue weighted by atomic mass is 19.1. The van der Waals surface area contributed by atoms with Crippen LogP contribution in [0.2, 0.25) is 0 Å². The molecule has 0 amide bonds. The Hall–Kier alpha value is -1.25. The Balaban J connectivity index is 1.86. The minimum atomic E-state index is -0.128. The van der Waals surface area contributed by atoms with Crippen LogP contribution in [0.1, 0.15) is 38.2 Å². The van der Waals surface area contributed by atoms with Gasteiger partial charge in [-0.15, -0.1) is 0 Å². The van der Waals surface area contributed by atoms with Crippen molar-refractivity contribution in [2.45, 2.75) is 45.1 Å². The Morgan fingerprint density at radius 2 is 1.94 bits per heavy atom. The maximum absolute atomic E-state index is 13.5. The van der Waals surface area contributed by atoms with E-state index in [9.17, 15) is 4.39 Å². The minimum Gasteiger partial charge on any atom is -0.381 e. The summed E-state index contributed by atoms with van der Waals surface area (Å²) in [5, 5.41) is 7.08. The normalized spacial score (nSPS) is 30.5. The molecule has 2 aliphatic rings. The van der Waals surface area contributed by atoms with Crippen LogP contribution in [0.3, 0.4) is 0 Å². The Labute approximate surface area is 108 Å². The van der Waals surface area contributed by atoms with Gasteiger partial charge in [0.25, 0.3) is 0 Å². The highest BCUT2D eigenvalue weighted by Crippen LogP contribution is 2.40. The zero-order valence-electron chi connectivity index (χ0n) is 11.1. The Morgan fingerprint density at radius 1 is 1.22 bits per heavy atom. The van der Waals surface area contributed by atoms with Gasteiger partial charge in [-0.25, -0.2) is 4.39 Å². The summed E-state index contributed by atoms with van der Waals surface area (Å²) in [6.45, 7) is 5.06. The topological polar surface area (TPSA) is 24.1 Å². The van der Waals surface area contributed by atoms with Crippen LogP contribution >= 0.6 is 0 Å². The number of anilines is 2. The molecule has 1 heterocycles. The van der Waals surface area contributed by atoms with Crippen LogP contribution in [0.25, 0.3) is 0 Å². The average molecular weight is 248 g/mol. The van der Waals surface area contributed by atoms with Crippen molar-refractivity contribution < 1.29 is 4.39 Å². The maximum Gasteiger partial charge on any atom is 0.128 e. The predicted octanol–water partition coefficient (Wildman–Crippen LogP) is 3.92. The molecule has 2 nitrogen and oxygen atoms in total. The maximum atomic E-state index is 13.5. The van der Waals surface area contributed by atoms with E-state index in [4.69, 9.17) is 0 Å². The molecule has 1 spiro atoms. The fourth-order valence-corrected chi connectivity index (χ4v) is 3.14. The molecule has 0 bridgehead atoms. The van der Waals surface area contributed by atoms with E-state index in [1.165, 1.54) is 25.7 Å². The molecule has 0 atom stereocenters. The molecule has 1 aliphatic heterocycles. The number of halogens is 1. The second-order valence-electron chi connectivity index (χ2n) is 6.09. The number of hydrogen-bond donors (Lipinski definition) is 2. The molecular weight excluding hydrogens is 227 g/mol. The molecule has 2 N–H and O–H groups in total. The summed E-state index contributed by atoms with van der Waals surface area (Å²) in [4.78, 5) is 0. The fraction of sp³-hybridized carbons (Fsp3) is 0.600. The molecule has 1 aliphatic carbocycles. The lowest BCUT2D eigenvalue weighted by atomic mass is 9.76. The van der Waals surface area contributed by atoms with Crippen molar-refractivity contribution in [2.75, 3.05) is 17.2 Å². The van der Waals surface area contributed by atoms with E-state index in [1.807, 2.05) is 13.0 Å². The smallest absolute Gasteiger partial charge is 0.128 e. The van der Waals surface area contributed by atoms with Crippen molar-refractivity contribution in [1.29, 1.82) is 0 Å². The lowest BCUT2D eigenvalue weighted by Crippen LogP contribution is -2.50. The third kappa shape index (κ3) is 1.96. The molecule has 0 aromatic heterocycles. The van der Waals surface area contributed by atoms with Crippen LogP contribution in [0.4, 0.5) is 15.8 Å². The van der Waals surface area contributed by atoms with E-state index in [1.54, 1.807) is 6.07 Å². The highest BCUT2D eigenvalue weighted by molar-refractivity contribution is 5.73. The van der Waals surface area contributed by atoms with Gasteiger partial charge in [0.05, 0.1) is 16.9 Å². The third-order valence-electron chi connectivity index (χ3n) is 4.55. The largest absolute Gasteiger partial charge is 0.381 e. The molecule has 3 heteroatoms. The van der Waals surface area contributed by atoms with Crippen LogP contribution < -0.4 is 10.6 Å². The van der Waals surface area contributed by atoms with E-state index in [0.29, 0.717) is 5.56 Å². The number of benzene rings is 1. The summed E-state index contributed by atoms with van der Waals surface area (Å²) in [5.74, 6) is 0.713. The zero-order valence-corrected chi connectivity index (χ0v) is 11.1. The second-order valence-corrected chi connectivity index (χ2v) is 6.09. The molecule has 1 fully saturated rings. The molecule has 0 unspecified atom stereocenters. The summed E-state index contributed by atoms with van der Waals surface area (Å²) in [5.41, 5.74) is 2.87. The van der Waals surface area contributed by atoms with E-state index < -0.39 is 0 Å². The van der Waals surface area contributed by atoms with Crippen LogP contribution in [-0.2, 0) is 0 Å². The number of hydrogen-bond acceptors (Lipinski definition) is 2. The van der Waals surface area contributed by atoms with Crippen molar-refractivity contribution in [3.63, 3.8) is 0 Å². The van der Waals surface area contributed by atoms with Gasteiger partial charge in [-0.2, -0.15) is 0 Å². The molecule has 18 heavy (non-hydrogen) atoms. The van der Waals surface area contributed by atoms with Crippen molar-refractivity contribution in [2.24, 2.45) is 5.92 Å². The standard InChI is InChI=1S/C15H21FN2/c1-10-3-5-15(6-4-10)9-17-13-8-12(16)11(2)7-14(13)18-15/h7-8,10,17-18H,3-6,9H2,1-2H3. The molecule has 1 saturated carbocycles. The predicted molar refractivity (Wildman–Crippen MR) is 73.6 cm³/mol. The summed E-state index contributed by atoms with van der Waals surface area (Å²) < 4.78 is 13.5. The summed E-state index contributed by atoms with van der Waals surface area (Å²) in [7, 11) is 0. The van der Waals surface area contributed by atoms with Crippen molar-refractivity contribution >= 4 is 11.4 Å². The average Bonchev–Trinajstić information content (AvgIpc) is 2.36. The minimum absolute atomic E-state index is 0.128. The van der Waals surface area contributed by atoms with Gasteiger partial charge < -0.3 is 10.6 Å². The molecular formula is C15H21FN2. The summed E-state index contributed by atoms with van der Waals surface area (Å²) in [6.07, 6.45) is 4.97. The second kappa shape index (κ2) is 4.15. The first-order chi connectivity index (χ1) is 8.58. The molecule has 0 radical (unpaired) electrons. The Kier molecular flexibility index (Phi) is 2.72. The SMILES string of the molecule is Cc1cc2c(cc1F)NCC1(CCC(C)CC1)N2. The van der Waals surface area contributed by atoms with E-state index in [0.717, 1.165) is 23.8 Å².